The van der Waals surface area contributed by atoms with E-state index in [1.54, 1.807) is 48.5 Å². The van der Waals surface area contributed by atoms with Crippen LogP contribution in [-0.2, 0) is 20.7 Å². The Bertz CT molecular complexity index is 1460. The topological polar surface area (TPSA) is 82.2 Å². The van der Waals surface area contributed by atoms with Gasteiger partial charge in [-0.1, -0.05) is 41.9 Å². The average Bonchev–Trinajstić information content (AvgIpc) is 3.26. The second-order valence-corrected chi connectivity index (χ2v) is 12.1. The molecular weight excluding hydrogens is 596 g/mol. The van der Waals surface area contributed by atoms with Crippen LogP contribution in [0, 0.1) is 5.92 Å². The molecule has 2 saturated heterocycles. The molecule has 2 amide bonds. The highest BCUT2D eigenvalue weighted by Crippen LogP contribution is 2.29. The summed E-state index contributed by atoms with van der Waals surface area (Å²) in [6, 6.07) is 23.3. The lowest BCUT2D eigenvalue weighted by Gasteiger charge is -2.33. The van der Waals surface area contributed by atoms with Crippen molar-refractivity contribution in [2.45, 2.75) is 38.1 Å². The first-order valence-corrected chi connectivity index (χ1v) is 15.8. The van der Waals surface area contributed by atoms with Gasteiger partial charge in [-0.3, -0.25) is 14.5 Å². The summed E-state index contributed by atoms with van der Waals surface area (Å²) in [7, 11) is 1.31. The molecule has 0 saturated carbocycles. The standard InChI is InChI=1S/C34H37ClN4O4S/c1-43-33(42)26-8-12-28(13-9-26)36-31(40)23-30-32(41)39(29-14-10-27(35)11-15-29)34(44)38(30)19-5-18-37-20-16-25(17-21-37)22-24-6-3-2-4-7-24/h2-4,6-15,25,30H,5,16-23H2,1H3,(H,36,40)/t30-/m1/s1. The largest absolute Gasteiger partial charge is 0.465 e. The quantitative estimate of drug-likeness (QED) is 0.211. The summed E-state index contributed by atoms with van der Waals surface area (Å²) in [5.74, 6) is -0.317. The fourth-order valence-electron chi connectivity index (χ4n) is 5.94. The number of carbonyl (C=O) groups is 3. The third-order valence-electron chi connectivity index (χ3n) is 8.32. The minimum absolute atomic E-state index is 0.0628. The Balaban J connectivity index is 1.20. The summed E-state index contributed by atoms with van der Waals surface area (Å²) in [5.41, 5.74) is 2.92. The second-order valence-electron chi connectivity index (χ2n) is 11.3. The van der Waals surface area contributed by atoms with Gasteiger partial charge in [0.2, 0.25) is 5.91 Å². The van der Waals surface area contributed by atoms with E-state index in [9.17, 15) is 14.4 Å². The van der Waals surface area contributed by atoms with Gasteiger partial charge in [0.25, 0.3) is 5.91 Å². The van der Waals surface area contributed by atoms with Crippen molar-refractivity contribution < 1.29 is 19.1 Å². The number of nitrogens with zero attached hydrogens (tertiary/aromatic N) is 3. The zero-order chi connectivity index (χ0) is 31.1. The van der Waals surface area contributed by atoms with Crippen molar-refractivity contribution in [2.75, 3.05) is 43.5 Å². The summed E-state index contributed by atoms with van der Waals surface area (Å²) in [6.45, 7) is 3.57. The number of esters is 1. The van der Waals surface area contributed by atoms with Crippen LogP contribution in [0.5, 0.6) is 0 Å². The first-order chi connectivity index (χ1) is 21.3. The lowest BCUT2D eigenvalue weighted by Crippen LogP contribution is -2.40. The second kappa shape index (κ2) is 14.8. The molecule has 8 nitrogen and oxygen atoms in total. The summed E-state index contributed by atoms with van der Waals surface area (Å²) in [5, 5.41) is 3.79. The number of carbonyl (C=O) groups excluding carboxylic acids is 3. The molecule has 0 aliphatic carbocycles. The van der Waals surface area contributed by atoms with Crippen molar-refractivity contribution in [2.24, 2.45) is 5.92 Å². The van der Waals surface area contributed by atoms with Crippen molar-refractivity contribution in [1.82, 2.24) is 9.80 Å². The number of piperidine rings is 1. The maximum Gasteiger partial charge on any atom is 0.337 e. The molecule has 0 radical (unpaired) electrons. The molecule has 230 valence electrons. The van der Waals surface area contributed by atoms with Gasteiger partial charge in [0.1, 0.15) is 6.04 Å². The van der Waals surface area contributed by atoms with Gasteiger partial charge in [0.05, 0.1) is 24.8 Å². The molecule has 0 bridgehead atoms. The van der Waals surface area contributed by atoms with E-state index in [1.807, 2.05) is 4.90 Å². The van der Waals surface area contributed by atoms with Crippen LogP contribution in [0.1, 0.15) is 41.6 Å². The van der Waals surface area contributed by atoms with E-state index < -0.39 is 12.0 Å². The van der Waals surface area contributed by atoms with Gasteiger partial charge in [0, 0.05) is 17.3 Å². The third-order valence-corrected chi connectivity index (χ3v) is 8.99. The molecule has 0 aromatic heterocycles. The number of hydrogen-bond donors (Lipinski definition) is 1. The summed E-state index contributed by atoms with van der Waals surface area (Å²) in [4.78, 5) is 44.5. The van der Waals surface area contributed by atoms with E-state index in [2.05, 4.69) is 40.5 Å². The molecule has 1 atom stereocenters. The molecule has 0 unspecified atom stereocenters. The molecule has 3 aromatic carbocycles. The highest BCUT2D eigenvalue weighted by atomic mass is 35.5. The van der Waals surface area contributed by atoms with Crippen molar-refractivity contribution in [3.05, 3.63) is 95.0 Å². The Morgan fingerprint density at radius 1 is 0.955 bits per heavy atom. The van der Waals surface area contributed by atoms with Gasteiger partial charge < -0.3 is 19.9 Å². The minimum atomic E-state index is -0.732. The van der Waals surface area contributed by atoms with Gasteiger partial charge in [-0.25, -0.2) is 4.79 Å². The highest BCUT2D eigenvalue weighted by molar-refractivity contribution is 7.80. The zero-order valence-electron chi connectivity index (χ0n) is 24.8. The minimum Gasteiger partial charge on any atom is -0.465 e. The number of anilines is 2. The predicted molar refractivity (Wildman–Crippen MR) is 177 cm³/mol. The molecule has 2 aliphatic rings. The fourth-order valence-corrected chi connectivity index (χ4v) is 6.48. The van der Waals surface area contributed by atoms with Gasteiger partial charge >= 0.3 is 5.97 Å². The lowest BCUT2D eigenvalue weighted by atomic mass is 9.90. The molecule has 0 spiro atoms. The molecule has 2 heterocycles. The number of likely N-dealkylation sites (tertiary alicyclic amines) is 1. The van der Waals surface area contributed by atoms with E-state index in [-0.39, 0.29) is 18.2 Å². The third kappa shape index (κ3) is 7.83. The zero-order valence-corrected chi connectivity index (χ0v) is 26.4. The first kappa shape index (κ1) is 31.6. The van der Waals surface area contributed by atoms with Crippen LogP contribution in [-0.4, -0.2) is 72.0 Å². The van der Waals surface area contributed by atoms with Crippen molar-refractivity contribution in [3.63, 3.8) is 0 Å². The van der Waals surface area contributed by atoms with Crippen LogP contribution in [0.3, 0.4) is 0 Å². The molecule has 5 rings (SSSR count). The number of hydrogen-bond acceptors (Lipinski definition) is 6. The van der Waals surface area contributed by atoms with Crippen LogP contribution in [0.25, 0.3) is 0 Å². The Hall–Kier alpha value is -3.79. The van der Waals surface area contributed by atoms with Gasteiger partial charge in [-0.15, -0.1) is 0 Å². The van der Waals surface area contributed by atoms with Crippen LogP contribution < -0.4 is 10.2 Å². The molecule has 2 fully saturated rings. The first-order valence-electron chi connectivity index (χ1n) is 15.0. The van der Waals surface area contributed by atoms with E-state index in [4.69, 9.17) is 28.6 Å². The molecule has 44 heavy (non-hydrogen) atoms. The van der Waals surface area contributed by atoms with Gasteiger partial charge in [-0.2, -0.15) is 0 Å². The highest BCUT2D eigenvalue weighted by Gasteiger charge is 2.44. The predicted octanol–water partition coefficient (Wildman–Crippen LogP) is 5.80. The van der Waals surface area contributed by atoms with Crippen molar-refractivity contribution >= 4 is 58.1 Å². The number of benzene rings is 3. The number of thiocarbonyl (C=S) groups is 1. The molecule has 2 aliphatic heterocycles. The van der Waals surface area contributed by atoms with E-state index >= 15 is 0 Å². The SMILES string of the molecule is COC(=O)c1ccc(NC(=O)C[C@@H]2C(=O)N(c3ccc(Cl)cc3)C(=S)N2CCCN2CCC(Cc3ccccc3)CC2)cc1. The number of rotatable bonds is 11. The van der Waals surface area contributed by atoms with Crippen molar-refractivity contribution in [3.8, 4) is 0 Å². The Labute approximate surface area is 268 Å². The number of nitrogens with one attached hydrogen (secondary N) is 1. The number of methoxy groups -OCH3 is 1. The molecule has 10 heteroatoms. The van der Waals surface area contributed by atoms with Crippen LogP contribution in [0.15, 0.2) is 78.9 Å². The van der Waals surface area contributed by atoms with Gasteiger partial charge in [-0.05, 0) is 118 Å². The maximum absolute atomic E-state index is 13.7. The fraction of sp³-hybridized carbons (Fsp3) is 0.353. The lowest BCUT2D eigenvalue weighted by molar-refractivity contribution is -0.124. The van der Waals surface area contributed by atoms with Crippen molar-refractivity contribution in [1.29, 1.82) is 0 Å². The number of halogens is 1. The van der Waals surface area contributed by atoms with E-state index in [1.165, 1.54) is 30.4 Å². The summed E-state index contributed by atoms with van der Waals surface area (Å²) in [6.07, 6.45) is 4.22. The monoisotopic (exact) mass is 632 g/mol. The number of ether oxygens (including phenoxy) is 1. The smallest absolute Gasteiger partial charge is 0.337 e. The summed E-state index contributed by atoms with van der Waals surface area (Å²) >= 11 is 11.9. The normalized spacial score (nSPS) is 17.6. The van der Waals surface area contributed by atoms with Gasteiger partial charge in [0.15, 0.2) is 5.11 Å². The van der Waals surface area contributed by atoms with Crippen LogP contribution in [0.2, 0.25) is 5.02 Å². The number of amides is 2. The Morgan fingerprint density at radius 2 is 1.64 bits per heavy atom. The maximum atomic E-state index is 13.7. The molecule has 3 aromatic rings. The summed E-state index contributed by atoms with van der Waals surface area (Å²) < 4.78 is 4.73. The average molecular weight is 633 g/mol. The Kier molecular flexibility index (Phi) is 10.6. The van der Waals surface area contributed by atoms with E-state index in [0.717, 1.165) is 32.5 Å². The molecule has 1 N–H and O–H groups in total. The Morgan fingerprint density at radius 3 is 2.30 bits per heavy atom. The van der Waals surface area contributed by atoms with Crippen LogP contribution in [0.4, 0.5) is 11.4 Å². The molecular formula is C34H37ClN4O4S. The van der Waals surface area contributed by atoms with Crippen LogP contribution >= 0.6 is 23.8 Å². The van der Waals surface area contributed by atoms with E-state index in [0.29, 0.717) is 39.5 Å².